The number of rotatable bonds is 3. The SMILES string of the molecule is CN(c1cc[nH]c1)c1[nH]c2ccccc2c1C=O. The van der Waals surface area contributed by atoms with Gasteiger partial charge < -0.3 is 14.9 Å². The van der Waals surface area contributed by atoms with Crippen LogP contribution >= 0.6 is 0 Å². The van der Waals surface area contributed by atoms with Gasteiger partial charge in [-0.3, -0.25) is 4.79 Å². The summed E-state index contributed by atoms with van der Waals surface area (Å²) in [7, 11) is 1.93. The Morgan fingerprint density at radius 3 is 2.78 bits per heavy atom. The summed E-state index contributed by atoms with van der Waals surface area (Å²) in [5.41, 5.74) is 2.66. The maximum Gasteiger partial charge on any atom is 0.154 e. The van der Waals surface area contributed by atoms with Crippen LogP contribution in [0.3, 0.4) is 0 Å². The lowest BCUT2D eigenvalue weighted by atomic mass is 10.2. The summed E-state index contributed by atoms with van der Waals surface area (Å²) in [6.07, 6.45) is 4.65. The Hall–Kier alpha value is -2.49. The zero-order chi connectivity index (χ0) is 12.5. The molecule has 0 unspecified atom stereocenters. The second-order valence-electron chi connectivity index (χ2n) is 4.18. The molecular formula is C14H13N3O. The highest BCUT2D eigenvalue weighted by molar-refractivity contribution is 6.04. The van der Waals surface area contributed by atoms with Crippen LogP contribution < -0.4 is 4.90 Å². The molecule has 0 radical (unpaired) electrons. The van der Waals surface area contributed by atoms with Crippen molar-refractivity contribution in [3.8, 4) is 0 Å². The van der Waals surface area contributed by atoms with Gasteiger partial charge in [0, 0.05) is 30.3 Å². The Balaban J connectivity index is 2.20. The van der Waals surface area contributed by atoms with Gasteiger partial charge in [-0.25, -0.2) is 0 Å². The number of hydrogen-bond acceptors (Lipinski definition) is 2. The van der Waals surface area contributed by atoms with Crippen LogP contribution in [0.25, 0.3) is 10.9 Å². The minimum atomic E-state index is 0.689. The van der Waals surface area contributed by atoms with E-state index < -0.39 is 0 Å². The molecule has 0 atom stereocenters. The van der Waals surface area contributed by atoms with Crippen LogP contribution in [0.1, 0.15) is 10.4 Å². The average Bonchev–Trinajstić information content (AvgIpc) is 3.04. The minimum absolute atomic E-state index is 0.689. The molecule has 0 aliphatic heterocycles. The lowest BCUT2D eigenvalue weighted by Gasteiger charge is -2.16. The Bertz CT molecular complexity index is 682. The molecule has 0 bridgehead atoms. The number of nitrogens with one attached hydrogen (secondary N) is 2. The number of carbonyl (C=O) groups is 1. The van der Waals surface area contributed by atoms with Gasteiger partial charge >= 0.3 is 0 Å². The standard InChI is InChI=1S/C14H13N3O/c1-17(10-6-7-15-8-10)14-12(9-18)11-4-2-3-5-13(11)16-14/h2-9,15-16H,1H3. The lowest BCUT2D eigenvalue weighted by molar-refractivity contribution is 0.112. The molecule has 2 N–H and O–H groups in total. The number of nitrogens with zero attached hydrogens (tertiary/aromatic N) is 1. The number of hydrogen-bond donors (Lipinski definition) is 2. The summed E-state index contributed by atoms with van der Waals surface area (Å²) in [5, 5.41) is 0.949. The van der Waals surface area contributed by atoms with E-state index in [2.05, 4.69) is 9.97 Å². The zero-order valence-corrected chi connectivity index (χ0v) is 9.97. The summed E-state index contributed by atoms with van der Waals surface area (Å²) in [6, 6.07) is 9.76. The number of fused-ring (bicyclic) bond motifs is 1. The van der Waals surface area contributed by atoms with Crippen molar-refractivity contribution in [1.82, 2.24) is 9.97 Å². The molecule has 0 saturated carbocycles. The van der Waals surface area contributed by atoms with Gasteiger partial charge in [0.15, 0.2) is 6.29 Å². The Morgan fingerprint density at radius 2 is 2.06 bits per heavy atom. The molecule has 2 heterocycles. The van der Waals surface area contributed by atoms with Crippen molar-refractivity contribution in [2.75, 3.05) is 11.9 Å². The first kappa shape index (κ1) is 10.7. The minimum Gasteiger partial charge on any atom is -0.366 e. The van der Waals surface area contributed by atoms with Crippen molar-refractivity contribution in [3.63, 3.8) is 0 Å². The van der Waals surface area contributed by atoms with E-state index >= 15 is 0 Å². The van der Waals surface area contributed by atoms with E-state index in [1.54, 1.807) is 0 Å². The molecule has 0 aliphatic rings. The van der Waals surface area contributed by atoms with Gasteiger partial charge in [-0.2, -0.15) is 0 Å². The van der Waals surface area contributed by atoms with Crippen molar-refractivity contribution in [2.24, 2.45) is 0 Å². The Morgan fingerprint density at radius 1 is 1.22 bits per heavy atom. The second kappa shape index (κ2) is 4.07. The molecule has 3 aromatic rings. The fourth-order valence-electron chi connectivity index (χ4n) is 2.19. The number of H-pyrrole nitrogens is 2. The lowest BCUT2D eigenvalue weighted by Crippen LogP contribution is -2.10. The van der Waals surface area contributed by atoms with Crippen molar-refractivity contribution in [3.05, 3.63) is 48.3 Å². The molecule has 4 nitrogen and oxygen atoms in total. The number of anilines is 2. The number of aromatic nitrogens is 2. The maximum absolute atomic E-state index is 11.3. The number of benzene rings is 1. The second-order valence-corrected chi connectivity index (χ2v) is 4.18. The van der Waals surface area contributed by atoms with E-state index in [9.17, 15) is 4.79 Å². The van der Waals surface area contributed by atoms with Crippen LogP contribution in [0.2, 0.25) is 0 Å². The molecule has 0 amide bonds. The van der Waals surface area contributed by atoms with Gasteiger partial charge in [0.05, 0.1) is 11.3 Å². The van der Waals surface area contributed by atoms with Crippen LogP contribution in [0.15, 0.2) is 42.7 Å². The van der Waals surface area contributed by atoms with Crippen molar-refractivity contribution >= 4 is 28.7 Å². The number of aromatic amines is 2. The molecule has 0 spiro atoms. The Labute approximate surface area is 104 Å². The third-order valence-corrected chi connectivity index (χ3v) is 3.15. The van der Waals surface area contributed by atoms with Crippen LogP contribution in [-0.4, -0.2) is 23.3 Å². The first-order chi connectivity index (χ1) is 8.81. The third kappa shape index (κ3) is 1.50. The topological polar surface area (TPSA) is 51.9 Å². The molecule has 18 heavy (non-hydrogen) atoms. The van der Waals surface area contributed by atoms with Crippen molar-refractivity contribution < 1.29 is 4.79 Å². The smallest absolute Gasteiger partial charge is 0.154 e. The molecule has 0 fully saturated rings. The molecule has 2 aromatic heterocycles. The summed E-state index contributed by atoms with van der Waals surface area (Å²) in [5.74, 6) is 0.811. The summed E-state index contributed by atoms with van der Waals surface area (Å²) < 4.78 is 0. The average molecular weight is 239 g/mol. The van der Waals surface area contributed by atoms with Crippen LogP contribution in [0.4, 0.5) is 11.5 Å². The highest BCUT2D eigenvalue weighted by atomic mass is 16.1. The van der Waals surface area contributed by atoms with Crippen molar-refractivity contribution in [2.45, 2.75) is 0 Å². The largest absolute Gasteiger partial charge is 0.366 e. The predicted molar refractivity (Wildman–Crippen MR) is 72.5 cm³/mol. The summed E-state index contributed by atoms with van der Waals surface area (Å²) >= 11 is 0. The fourth-order valence-corrected chi connectivity index (χ4v) is 2.19. The van der Waals surface area contributed by atoms with Crippen molar-refractivity contribution in [1.29, 1.82) is 0 Å². The van der Waals surface area contributed by atoms with Gasteiger partial charge in [-0.1, -0.05) is 18.2 Å². The molecule has 0 saturated heterocycles. The van der Waals surface area contributed by atoms with Crippen LogP contribution in [0, 0.1) is 0 Å². The van der Waals surface area contributed by atoms with E-state index in [4.69, 9.17) is 0 Å². The van der Waals surface area contributed by atoms with Gasteiger partial charge in [0.2, 0.25) is 0 Å². The third-order valence-electron chi connectivity index (χ3n) is 3.15. The number of carbonyl (C=O) groups excluding carboxylic acids is 1. The maximum atomic E-state index is 11.3. The fraction of sp³-hybridized carbons (Fsp3) is 0.0714. The van der Waals surface area contributed by atoms with Crippen LogP contribution in [0.5, 0.6) is 0 Å². The molecular weight excluding hydrogens is 226 g/mol. The number of aldehydes is 1. The van der Waals surface area contributed by atoms with Gasteiger partial charge in [-0.05, 0) is 12.1 Å². The van der Waals surface area contributed by atoms with Crippen LogP contribution in [-0.2, 0) is 0 Å². The van der Waals surface area contributed by atoms with E-state index in [0.29, 0.717) is 5.56 Å². The highest BCUT2D eigenvalue weighted by Gasteiger charge is 2.15. The van der Waals surface area contributed by atoms with Gasteiger partial charge in [0.25, 0.3) is 0 Å². The van der Waals surface area contributed by atoms with Gasteiger partial charge in [0.1, 0.15) is 5.82 Å². The quantitative estimate of drug-likeness (QED) is 0.690. The molecule has 90 valence electrons. The predicted octanol–water partition coefficient (Wildman–Crippen LogP) is 3.08. The monoisotopic (exact) mass is 239 g/mol. The highest BCUT2D eigenvalue weighted by Crippen LogP contribution is 2.30. The molecule has 3 rings (SSSR count). The van der Waals surface area contributed by atoms with Gasteiger partial charge in [-0.15, -0.1) is 0 Å². The van der Waals surface area contributed by atoms with E-state index in [1.807, 2.05) is 54.7 Å². The zero-order valence-electron chi connectivity index (χ0n) is 9.97. The molecule has 0 aliphatic carbocycles. The van der Waals surface area contributed by atoms with E-state index in [-0.39, 0.29) is 0 Å². The molecule has 1 aromatic carbocycles. The number of para-hydroxylation sites is 1. The summed E-state index contributed by atoms with van der Waals surface area (Å²) in [6.45, 7) is 0. The molecule has 4 heteroatoms. The normalized spacial score (nSPS) is 10.7. The summed E-state index contributed by atoms with van der Waals surface area (Å²) in [4.78, 5) is 19.6. The first-order valence-electron chi connectivity index (χ1n) is 5.73. The van der Waals surface area contributed by atoms with E-state index in [0.717, 1.165) is 28.7 Å². The first-order valence-corrected chi connectivity index (χ1v) is 5.73. The van der Waals surface area contributed by atoms with E-state index in [1.165, 1.54) is 0 Å². The Kier molecular flexibility index (Phi) is 2.41.